The van der Waals surface area contributed by atoms with E-state index in [9.17, 15) is 14.7 Å². The lowest BCUT2D eigenvalue weighted by Crippen LogP contribution is -2.66. The molecule has 1 fully saturated rings. The SMILES string of the molecule is CN1CCc2nc(C(=O)NC3CC(C(C)(C)O)CCC3(N)C(=O)c3cc4cc(Cl)ccc4[nH]3)sc2C1.Cl. The molecule has 1 saturated carbocycles. The molecule has 3 atom stereocenters. The highest BCUT2D eigenvalue weighted by atomic mass is 35.5. The van der Waals surface area contributed by atoms with Crippen molar-refractivity contribution in [1.29, 1.82) is 0 Å². The van der Waals surface area contributed by atoms with Crippen molar-refractivity contribution in [3.05, 3.63) is 50.6 Å². The van der Waals surface area contributed by atoms with E-state index in [1.54, 1.807) is 32.0 Å². The fourth-order valence-electron chi connectivity index (χ4n) is 5.42. The normalized spacial score (nSPS) is 24.4. The maximum atomic E-state index is 13.8. The molecule has 0 bridgehead atoms. The number of Topliss-reactive ketones (excluding diaryl/α,β-unsaturated/α-hetero) is 1. The van der Waals surface area contributed by atoms with E-state index >= 15 is 0 Å². The maximum Gasteiger partial charge on any atom is 0.280 e. The zero-order valence-electron chi connectivity index (χ0n) is 21.1. The van der Waals surface area contributed by atoms with Crippen LogP contribution in [0, 0.1) is 5.92 Å². The minimum Gasteiger partial charge on any atom is -0.390 e. The van der Waals surface area contributed by atoms with Crippen molar-refractivity contribution in [3.8, 4) is 0 Å². The number of nitrogens with zero attached hydrogens (tertiary/aromatic N) is 2. The topological polar surface area (TPSA) is 124 Å². The number of halogens is 2. The van der Waals surface area contributed by atoms with E-state index < -0.39 is 17.2 Å². The number of likely N-dealkylation sites (N-methyl/N-ethyl adjacent to an activating group) is 1. The largest absolute Gasteiger partial charge is 0.390 e. The standard InChI is InChI=1S/C26H32ClN5O3S.ClH/c1-25(2,35)15-6-8-26(28,22(33)19-11-14-10-16(27)4-5-17(14)29-19)21(12-15)31-23(34)24-30-18-7-9-32(3)13-20(18)36-24;/h4-5,10-11,15,21,29,35H,6-9,12-13,28H2,1-3H3,(H,31,34);1H. The van der Waals surface area contributed by atoms with Gasteiger partial charge in [-0.2, -0.15) is 0 Å². The van der Waals surface area contributed by atoms with Gasteiger partial charge in [-0.25, -0.2) is 4.98 Å². The number of thiazole rings is 1. The number of benzene rings is 1. The zero-order valence-corrected chi connectivity index (χ0v) is 23.5. The number of aliphatic hydroxyl groups is 1. The van der Waals surface area contributed by atoms with Gasteiger partial charge in [0.2, 0.25) is 5.78 Å². The van der Waals surface area contributed by atoms with E-state index in [0.29, 0.717) is 35.0 Å². The van der Waals surface area contributed by atoms with Gasteiger partial charge in [0.15, 0.2) is 5.01 Å². The lowest BCUT2D eigenvalue weighted by atomic mass is 9.66. The number of fused-ring (bicyclic) bond motifs is 2. The Morgan fingerprint density at radius 2 is 2.11 bits per heavy atom. The molecule has 2 aromatic heterocycles. The van der Waals surface area contributed by atoms with Gasteiger partial charge in [-0.3, -0.25) is 9.59 Å². The Labute approximate surface area is 231 Å². The first-order valence-electron chi connectivity index (χ1n) is 12.3. The van der Waals surface area contributed by atoms with Crippen LogP contribution < -0.4 is 11.1 Å². The third-order valence-electron chi connectivity index (χ3n) is 7.72. The number of ketones is 1. The summed E-state index contributed by atoms with van der Waals surface area (Å²) >= 11 is 7.52. The van der Waals surface area contributed by atoms with Gasteiger partial charge < -0.3 is 26.0 Å². The smallest absolute Gasteiger partial charge is 0.280 e. The molecule has 3 heterocycles. The van der Waals surface area contributed by atoms with Gasteiger partial charge >= 0.3 is 0 Å². The summed E-state index contributed by atoms with van der Waals surface area (Å²) < 4.78 is 0. The molecule has 1 aliphatic carbocycles. The van der Waals surface area contributed by atoms with Crippen molar-refractivity contribution < 1.29 is 14.7 Å². The van der Waals surface area contributed by atoms with E-state index in [4.69, 9.17) is 17.3 Å². The van der Waals surface area contributed by atoms with E-state index in [-0.39, 0.29) is 30.0 Å². The van der Waals surface area contributed by atoms with Crippen molar-refractivity contribution in [1.82, 2.24) is 20.2 Å². The Morgan fingerprint density at radius 1 is 1.35 bits per heavy atom. The van der Waals surface area contributed by atoms with Crippen LogP contribution in [0.4, 0.5) is 0 Å². The van der Waals surface area contributed by atoms with E-state index in [1.165, 1.54) is 11.3 Å². The van der Waals surface area contributed by atoms with Gasteiger partial charge in [0.25, 0.3) is 5.91 Å². The lowest BCUT2D eigenvalue weighted by Gasteiger charge is -2.46. The molecule has 5 N–H and O–H groups in total. The summed E-state index contributed by atoms with van der Waals surface area (Å²) in [5.74, 6) is -0.717. The maximum absolute atomic E-state index is 13.8. The number of carbonyl (C=O) groups excluding carboxylic acids is 2. The third-order valence-corrected chi connectivity index (χ3v) is 9.04. The summed E-state index contributed by atoms with van der Waals surface area (Å²) in [5.41, 5.74) is 6.70. The molecule has 3 unspecified atom stereocenters. The summed E-state index contributed by atoms with van der Waals surface area (Å²) in [4.78, 5) is 38.3. The van der Waals surface area contributed by atoms with Gasteiger partial charge in [0, 0.05) is 40.3 Å². The summed E-state index contributed by atoms with van der Waals surface area (Å²) in [6, 6.07) is 6.46. The van der Waals surface area contributed by atoms with Gasteiger partial charge in [0.1, 0.15) is 5.54 Å². The van der Waals surface area contributed by atoms with Gasteiger partial charge in [-0.15, -0.1) is 23.7 Å². The number of amides is 1. The number of carbonyl (C=O) groups is 2. The highest BCUT2D eigenvalue weighted by Gasteiger charge is 2.50. The molecule has 11 heteroatoms. The van der Waals surface area contributed by atoms with Crippen molar-refractivity contribution in [2.75, 3.05) is 13.6 Å². The van der Waals surface area contributed by atoms with Crippen LogP contribution in [-0.4, -0.2) is 62.4 Å². The summed E-state index contributed by atoms with van der Waals surface area (Å²) in [7, 11) is 2.05. The Kier molecular flexibility index (Phi) is 7.78. The number of aromatic amines is 1. The van der Waals surface area contributed by atoms with Crippen LogP contribution in [0.5, 0.6) is 0 Å². The summed E-state index contributed by atoms with van der Waals surface area (Å²) in [5, 5.41) is 15.5. The predicted octanol–water partition coefficient (Wildman–Crippen LogP) is 3.94. The quantitative estimate of drug-likeness (QED) is 0.347. The average Bonchev–Trinajstić information content (AvgIpc) is 3.42. The predicted molar refractivity (Wildman–Crippen MR) is 149 cm³/mol. The Bertz CT molecular complexity index is 1330. The number of H-pyrrole nitrogens is 1. The molecule has 0 spiro atoms. The molecule has 0 saturated heterocycles. The number of rotatable bonds is 5. The third kappa shape index (κ3) is 5.44. The number of nitrogens with one attached hydrogen (secondary N) is 2. The zero-order chi connectivity index (χ0) is 25.8. The molecule has 0 radical (unpaired) electrons. The molecule has 8 nitrogen and oxygen atoms in total. The van der Waals surface area contributed by atoms with Crippen molar-refractivity contribution >= 4 is 57.9 Å². The molecule has 200 valence electrons. The van der Waals surface area contributed by atoms with Crippen LogP contribution in [0.25, 0.3) is 10.9 Å². The Morgan fingerprint density at radius 3 is 2.84 bits per heavy atom. The number of aromatic nitrogens is 2. The molecule has 1 aliphatic heterocycles. The van der Waals surface area contributed by atoms with E-state index in [2.05, 4.69) is 20.2 Å². The molecule has 37 heavy (non-hydrogen) atoms. The van der Waals surface area contributed by atoms with Crippen LogP contribution in [-0.2, 0) is 13.0 Å². The van der Waals surface area contributed by atoms with Gasteiger partial charge in [0.05, 0.1) is 23.0 Å². The number of nitrogens with two attached hydrogens (primary N) is 1. The highest BCUT2D eigenvalue weighted by molar-refractivity contribution is 7.13. The molecule has 5 rings (SSSR count). The Hall–Kier alpha value is -2.01. The van der Waals surface area contributed by atoms with Crippen molar-refractivity contribution in [2.45, 2.75) is 63.3 Å². The van der Waals surface area contributed by atoms with Crippen LogP contribution in [0.15, 0.2) is 24.3 Å². The van der Waals surface area contributed by atoms with Crippen LogP contribution in [0.3, 0.4) is 0 Å². The molecule has 1 aromatic carbocycles. The van der Waals surface area contributed by atoms with Crippen LogP contribution >= 0.6 is 35.3 Å². The molecule has 1 amide bonds. The fourth-order valence-corrected chi connectivity index (χ4v) is 6.69. The second kappa shape index (κ2) is 10.3. The van der Waals surface area contributed by atoms with E-state index in [1.807, 2.05) is 13.1 Å². The average molecular weight is 567 g/mol. The molecule has 2 aliphatic rings. The highest BCUT2D eigenvalue weighted by Crippen LogP contribution is 2.39. The minimum atomic E-state index is -1.33. The molecular weight excluding hydrogens is 533 g/mol. The van der Waals surface area contributed by atoms with Crippen LogP contribution in [0.1, 0.15) is 64.0 Å². The molecule has 3 aromatic rings. The van der Waals surface area contributed by atoms with Crippen molar-refractivity contribution in [2.24, 2.45) is 11.7 Å². The fraction of sp³-hybridized carbons (Fsp3) is 0.500. The number of hydrogen-bond acceptors (Lipinski definition) is 7. The second-order valence-corrected chi connectivity index (χ2v) is 12.3. The van der Waals surface area contributed by atoms with Crippen LogP contribution in [0.2, 0.25) is 5.02 Å². The summed E-state index contributed by atoms with van der Waals surface area (Å²) in [6.45, 7) is 5.20. The second-order valence-electron chi connectivity index (χ2n) is 10.8. The first kappa shape index (κ1) is 28.0. The monoisotopic (exact) mass is 565 g/mol. The molecular formula is C26H33Cl2N5O3S. The lowest BCUT2D eigenvalue weighted by molar-refractivity contribution is -0.0157. The first-order valence-corrected chi connectivity index (χ1v) is 13.5. The minimum absolute atomic E-state index is 0. The van der Waals surface area contributed by atoms with Gasteiger partial charge in [-0.1, -0.05) is 11.6 Å². The van der Waals surface area contributed by atoms with E-state index in [0.717, 1.165) is 41.0 Å². The summed E-state index contributed by atoms with van der Waals surface area (Å²) in [6.07, 6.45) is 2.10. The van der Waals surface area contributed by atoms with Crippen molar-refractivity contribution in [3.63, 3.8) is 0 Å². The number of hydrogen-bond donors (Lipinski definition) is 4. The first-order chi connectivity index (χ1) is 16.9. The Balaban J connectivity index is 0.00000320. The van der Waals surface area contributed by atoms with Gasteiger partial charge in [-0.05, 0) is 70.3 Å².